The van der Waals surface area contributed by atoms with E-state index in [-0.39, 0.29) is 0 Å². The smallest absolute Gasteiger partial charge is 0.0619 e. The molecule has 0 fully saturated rings. The zero-order valence-corrected chi connectivity index (χ0v) is 19.0. The Hall–Kier alpha value is -2.12. The van der Waals surface area contributed by atoms with Crippen molar-refractivity contribution in [1.29, 1.82) is 0 Å². The molecular formula is C27H30Si. The summed E-state index contributed by atoms with van der Waals surface area (Å²) in [4.78, 5) is 0. The quantitative estimate of drug-likeness (QED) is 0.465. The lowest BCUT2D eigenvalue weighted by atomic mass is 9.83. The van der Waals surface area contributed by atoms with E-state index in [1.54, 1.807) is 32.3 Å². The van der Waals surface area contributed by atoms with Gasteiger partial charge in [0.2, 0.25) is 0 Å². The number of allylic oxidation sites excluding steroid dienone is 1. The first-order chi connectivity index (χ1) is 13.3. The lowest BCUT2D eigenvalue weighted by Gasteiger charge is -2.21. The molecule has 0 saturated heterocycles. The average molecular weight is 383 g/mol. The van der Waals surface area contributed by atoms with Gasteiger partial charge in [-0.25, -0.2) is 0 Å². The molecule has 0 nitrogen and oxygen atoms in total. The Morgan fingerprint density at radius 1 is 0.821 bits per heavy atom. The molecule has 1 aliphatic carbocycles. The second-order valence-electron chi connectivity index (χ2n) is 9.79. The lowest BCUT2D eigenvalue weighted by Crippen LogP contribution is -2.20. The predicted octanol–water partition coefficient (Wildman–Crippen LogP) is 6.32. The van der Waals surface area contributed by atoms with E-state index in [9.17, 15) is 0 Å². The van der Waals surface area contributed by atoms with Crippen LogP contribution in [0.4, 0.5) is 0 Å². The Labute approximate surface area is 170 Å². The molecule has 0 atom stereocenters. The first-order valence-electron chi connectivity index (χ1n) is 10.7. The van der Waals surface area contributed by atoms with Crippen LogP contribution in [0.15, 0.2) is 42.5 Å². The summed E-state index contributed by atoms with van der Waals surface area (Å²) in [6.45, 7) is 14.6. The maximum atomic E-state index is 2.55. The fraction of sp³-hybridized carbons (Fsp3) is 0.333. The molecule has 1 aliphatic heterocycles. The van der Waals surface area contributed by atoms with Crippen LogP contribution in [0.5, 0.6) is 0 Å². The largest absolute Gasteiger partial charge is 0.113 e. The van der Waals surface area contributed by atoms with Crippen molar-refractivity contribution in [3.8, 4) is 0 Å². The molecule has 0 unspecified atom stereocenters. The number of benzene rings is 3. The Kier molecular flexibility index (Phi) is 3.80. The van der Waals surface area contributed by atoms with Crippen molar-refractivity contribution in [2.24, 2.45) is 0 Å². The van der Waals surface area contributed by atoms with Gasteiger partial charge < -0.3 is 0 Å². The van der Waals surface area contributed by atoms with Crippen LogP contribution < -0.4 is 10.4 Å². The van der Waals surface area contributed by atoms with E-state index in [1.807, 2.05) is 0 Å². The molecule has 3 aromatic rings. The van der Waals surface area contributed by atoms with Gasteiger partial charge in [-0.1, -0.05) is 94.5 Å². The Bertz CT molecular complexity index is 1160. The van der Waals surface area contributed by atoms with Crippen LogP contribution in [0.1, 0.15) is 67.3 Å². The van der Waals surface area contributed by atoms with Gasteiger partial charge in [0.1, 0.15) is 8.07 Å². The highest BCUT2D eigenvalue weighted by Crippen LogP contribution is 2.44. The zero-order valence-electron chi connectivity index (χ0n) is 18.0. The third-order valence-corrected chi connectivity index (χ3v) is 10.2. The third-order valence-electron chi connectivity index (χ3n) is 6.88. The van der Waals surface area contributed by atoms with Crippen LogP contribution in [0, 0.1) is 0 Å². The van der Waals surface area contributed by atoms with Crippen LogP contribution >= 0.6 is 0 Å². The fourth-order valence-corrected chi connectivity index (χ4v) is 9.49. The fourth-order valence-electron chi connectivity index (χ4n) is 5.56. The molecule has 0 amide bonds. The first-order valence-corrected chi connectivity index (χ1v) is 13.7. The van der Waals surface area contributed by atoms with E-state index in [1.165, 1.54) is 22.3 Å². The van der Waals surface area contributed by atoms with E-state index < -0.39 is 8.07 Å². The molecule has 1 heteroatoms. The number of fused-ring (bicyclic) bond motifs is 4. The molecule has 2 aliphatic rings. The van der Waals surface area contributed by atoms with Crippen molar-refractivity contribution >= 4 is 40.9 Å². The molecular weight excluding hydrogens is 352 g/mol. The van der Waals surface area contributed by atoms with Gasteiger partial charge >= 0.3 is 0 Å². The van der Waals surface area contributed by atoms with E-state index in [0.29, 0.717) is 11.8 Å². The van der Waals surface area contributed by atoms with Crippen LogP contribution in [0.3, 0.4) is 0 Å². The highest BCUT2D eigenvalue weighted by atomic mass is 28.3. The highest BCUT2D eigenvalue weighted by Gasteiger charge is 2.49. The van der Waals surface area contributed by atoms with Crippen molar-refractivity contribution in [2.45, 2.75) is 59.0 Å². The molecule has 0 radical (unpaired) electrons. The maximum Gasteiger partial charge on any atom is 0.113 e. The predicted molar refractivity (Wildman–Crippen MR) is 127 cm³/mol. The van der Waals surface area contributed by atoms with E-state index >= 15 is 0 Å². The van der Waals surface area contributed by atoms with Gasteiger partial charge in [0.25, 0.3) is 0 Å². The summed E-state index contributed by atoms with van der Waals surface area (Å²) in [5.74, 6) is 1.10. The molecule has 0 N–H and O–H groups in total. The Morgan fingerprint density at radius 2 is 1.57 bits per heavy atom. The molecule has 1 heterocycles. The van der Waals surface area contributed by atoms with Gasteiger partial charge in [-0.15, -0.1) is 0 Å². The first kappa shape index (κ1) is 17.9. The summed E-state index contributed by atoms with van der Waals surface area (Å²) in [5.41, 5.74) is 9.16. The number of rotatable bonds is 3. The maximum absolute atomic E-state index is 2.55. The van der Waals surface area contributed by atoms with E-state index in [4.69, 9.17) is 0 Å². The zero-order chi connectivity index (χ0) is 19.8. The summed E-state index contributed by atoms with van der Waals surface area (Å²) in [7, 11) is -1.42. The average Bonchev–Trinajstić information content (AvgIpc) is 3.01. The van der Waals surface area contributed by atoms with Gasteiger partial charge in [0.15, 0.2) is 0 Å². The summed E-state index contributed by atoms with van der Waals surface area (Å²) in [5, 5.41) is 6.59. The molecule has 0 aromatic heterocycles. The molecule has 3 aromatic carbocycles. The summed E-state index contributed by atoms with van der Waals surface area (Å²) in [6.07, 6.45) is 3.54. The van der Waals surface area contributed by atoms with Crippen LogP contribution in [0.25, 0.3) is 22.4 Å². The molecule has 0 saturated carbocycles. The number of hydrogen-bond acceptors (Lipinski definition) is 0. The summed E-state index contributed by atoms with van der Waals surface area (Å²) < 4.78 is 0. The van der Waals surface area contributed by atoms with Gasteiger partial charge in [-0.2, -0.15) is 0 Å². The van der Waals surface area contributed by atoms with Crippen LogP contribution in [-0.4, -0.2) is 8.07 Å². The van der Waals surface area contributed by atoms with Crippen molar-refractivity contribution in [3.05, 3.63) is 70.3 Å². The second-order valence-corrected chi connectivity index (χ2v) is 14.0. The van der Waals surface area contributed by atoms with Crippen molar-refractivity contribution in [3.63, 3.8) is 0 Å². The van der Waals surface area contributed by atoms with Crippen LogP contribution in [0.2, 0.25) is 13.1 Å². The summed E-state index contributed by atoms with van der Waals surface area (Å²) >= 11 is 0. The minimum Gasteiger partial charge on any atom is -0.0619 e. The lowest BCUT2D eigenvalue weighted by molar-refractivity contribution is 0.864. The highest BCUT2D eigenvalue weighted by molar-refractivity contribution is 7.17. The molecule has 0 bridgehead atoms. The second kappa shape index (κ2) is 5.94. The SMILES string of the molecule is CC(C)c1c2c(c3cccc(C(C)C)c3c1C1=Cc3ccccc3C1)[Si]2(C)C. The van der Waals surface area contributed by atoms with Gasteiger partial charge in [-0.3, -0.25) is 0 Å². The molecule has 28 heavy (non-hydrogen) atoms. The minimum absolute atomic E-state index is 0.536. The van der Waals surface area contributed by atoms with E-state index in [0.717, 1.165) is 6.42 Å². The molecule has 5 rings (SSSR count). The topological polar surface area (TPSA) is 0 Å². The third kappa shape index (κ3) is 2.35. The molecule has 142 valence electrons. The van der Waals surface area contributed by atoms with Gasteiger partial charge in [0, 0.05) is 0 Å². The standard InChI is InChI=1S/C27H30Si/c1-16(2)21-12-9-13-22-25(21)24(20-14-18-10-7-8-11-19(18)15-20)23(17(3)4)27-26(22)28(27,5)6/h7-14,16-17H,15H2,1-6H3. The normalized spacial score (nSPS) is 16.5. The Balaban J connectivity index is 1.90. The monoisotopic (exact) mass is 382 g/mol. The van der Waals surface area contributed by atoms with E-state index in [2.05, 4.69) is 89.3 Å². The van der Waals surface area contributed by atoms with Crippen LogP contribution in [-0.2, 0) is 6.42 Å². The Morgan fingerprint density at radius 3 is 2.25 bits per heavy atom. The van der Waals surface area contributed by atoms with Crippen molar-refractivity contribution < 1.29 is 0 Å². The van der Waals surface area contributed by atoms with Gasteiger partial charge in [0.05, 0.1) is 0 Å². The summed E-state index contributed by atoms with van der Waals surface area (Å²) in [6, 6.07) is 16.0. The van der Waals surface area contributed by atoms with Crippen molar-refractivity contribution in [1.82, 2.24) is 0 Å². The molecule has 0 spiro atoms. The minimum atomic E-state index is -1.42. The number of hydrogen-bond donors (Lipinski definition) is 0. The van der Waals surface area contributed by atoms with Gasteiger partial charge in [-0.05, 0) is 67.6 Å². The van der Waals surface area contributed by atoms with Crippen molar-refractivity contribution in [2.75, 3.05) is 0 Å².